The van der Waals surface area contributed by atoms with E-state index in [1.807, 2.05) is 6.07 Å². The van der Waals surface area contributed by atoms with E-state index in [1.54, 1.807) is 0 Å². The van der Waals surface area contributed by atoms with Crippen molar-refractivity contribution in [3.05, 3.63) is 105 Å². The fourth-order valence-electron chi connectivity index (χ4n) is 4.33. The van der Waals surface area contributed by atoms with Gasteiger partial charge in [0.1, 0.15) is 0 Å². The maximum atomic E-state index is 11.5. The van der Waals surface area contributed by atoms with E-state index >= 15 is 0 Å². The number of aryl methyl sites for hydroxylation is 3. The van der Waals surface area contributed by atoms with E-state index in [-0.39, 0.29) is 0 Å². The standard InChI is InChI=1S/C11H11O.2C7H7.BrH.Sn/c1-2-11(12)8-7-9-5-3-4-6-10(9)11;2*1-7-5-3-2-4-6-7;;/h1-6,12H,7-8H2;2*2-5H,1H3;1H;/q;;;;+1/p-1. The minimum atomic E-state index is -3.30. The van der Waals surface area contributed by atoms with Crippen LogP contribution in [0.3, 0.4) is 0 Å². The third-order valence-electron chi connectivity index (χ3n) is 5.92. The van der Waals surface area contributed by atoms with Gasteiger partial charge in [0.05, 0.1) is 0 Å². The first-order valence-electron chi connectivity index (χ1n) is 9.76. The van der Waals surface area contributed by atoms with Crippen molar-refractivity contribution in [2.75, 3.05) is 0 Å². The fourth-order valence-corrected chi connectivity index (χ4v) is 20.2. The molecule has 0 amide bonds. The first-order chi connectivity index (χ1) is 13.4. The minimum absolute atomic E-state index is 0.749. The van der Waals surface area contributed by atoms with Crippen LogP contribution in [-0.2, 0) is 12.0 Å². The quantitative estimate of drug-likeness (QED) is 0.477. The molecule has 142 valence electrons. The molecule has 0 radical (unpaired) electrons. The van der Waals surface area contributed by atoms with Crippen LogP contribution < -0.4 is 7.16 Å². The Morgan fingerprint density at radius 2 is 1.39 bits per heavy atom. The monoisotopic (exact) mass is 540 g/mol. The number of hydrogen-bond acceptors (Lipinski definition) is 1. The van der Waals surface area contributed by atoms with Crippen molar-refractivity contribution >= 4 is 36.0 Å². The molecule has 0 fully saturated rings. The summed E-state index contributed by atoms with van der Waals surface area (Å²) < 4.78 is 5.15. The number of benzene rings is 3. The molecular weight excluding hydrogens is 515 g/mol. The Kier molecular flexibility index (Phi) is 5.56. The Labute approximate surface area is 177 Å². The van der Waals surface area contributed by atoms with Gasteiger partial charge >= 0.3 is 179 Å². The molecule has 0 aliphatic heterocycles. The van der Waals surface area contributed by atoms with Gasteiger partial charge in [-0.1, -0.05) is 0 Å². The summed E-state index contributed by atoms with van der Waals surface area (Å²) in [6, 6.07) is 25.6. The summed E-state index contributed by atoms with van der Waals surface area (Å²) in [6.45, 7) is 4.38. The molecule has 3 aromatic rings. The molecular formula is C25H25BrOSn. The molecule has 0 bridgehead atoms. The van der Waals surface area contributed by atoms with Gasteiger partial charge in [-0.2, -0.15) is 0 Å². The summed E-state index contributed by atoms with van der Waals surface area (Å²) in [6.07, 6.45) is 3.76. The zero-order chi connectivity index (χ0) is 19.8. The van der Waals surface area contributed by atoms with Gasteiger partial charge in [-0.15, -0.1) is 0 Å². The second-order valence-electron chi connectivity index (χ2n) is 7.76. The summed E-state index contributed by atoms with van der Waals surface area (Å²) in [5.41, 5.74) is 4.06. The second-order valence-corrected chi connectivity index (χ2v) is 24.2. The third kappa shape index (κ3) is 3.51. The average Bonchev–Trinajstić information content (AvgIpc) is 3.05. The van der Waals surface area contributed by atoms with Crippen LogP contribution in [0.25, 0.3) is 0 Å². The third-order valence-corrected chi connectivity index (χ3v) is 22.9. The van der Waals surface area contributed by atoms with Crippen molar-refractivity contribution in [2.24, 2.45) is 0 Å². The topological polar surface area (TPSA) is 20.2 Å². The number of aliphatic hydroxyl groups is 1. The molecule has 4 rings (SSSR count). The molecule has 1 atom stereocenters. The molecule has 3 heteroatoms. The van der Waals surface area contributed by atoms with Crippen LogP contribution in [0.2, 0.25) is 0 Å². The Morgan fingerprint density at radius 1 is 0.857 bits per heavy atom. The van der Waals surface area contributed by atoms with E-state index in [9.17, 15) is 5.11 Å². The van der Waals surface area contributed by atoms with Gasteiger partial charge in [0.25, 0.3) is 0 Å². The molecule has 1 aliphatic rings. The van der Waals surface area contributed by atoms with Crippen molar-refractivity contribution < 1.29 is 5.11 Å². The second kappa shape index (κ2) is 7.81. The van der Waals surface area contributed by atoms with Crippen LogP contribution in [0.15, 0.2) is 83.0 Å². The van der Waals surface area contributed by atoms with Crippen LogP contribution in [0, 0.1) is 13.8 Å². The SMILES string of the molecule is Cc1cccc[c]1[Sn]([Br])(/[CH]=C\C1(O)CCc2ccccc21)[c]1ccccc1C. The molecule has 0 spiro atoms. The summed E-state index contributed by atoms with van der Waals surface area (Å²) in [5, 5.41) is 11.5. The number of halogens is 1. The number of rotatable bonds is 4. The molecule has 0 saturated carbocycles. The molecule has 1 unspecified atom stereocenters. The molecule has 1 N–H and O–H groups in total. The van der Waals surface area contributed by atoms with Crippen molar-refractivity contribution in [2.45, 2.75) is 32.3 Å². The summed E-state index contributed by atoms with van der Waals surface area (Å²) in [4.78, 5) is 0. The number of hydrogen-bond donors (Lipinski definition) is 1. The van der Waals surface area contributed by atoms with Crippen LogP contribution >= 0.6 is 12.7 Å². The van der Waals surface area contributed by atoms with E-state index in [0.29, 0.717) is 0 Å². The zero-order valence-electron chi connectivity index (χ0n) is 16.3. The average molecular weight is 540 g/mol. The van der Waals surface area contributed by atoms with E-state index < -0.39 is 21.8 Å². The Bertz CT molecular complexity index is 996. The number of fused-ring (bicyclic) bond motifs is 1. The van der Waals surface area contributed by atoms with E-state index in [2.05, 4.69) is 103 Å². The summed E-state index contributed by atoms with van der Waals surface area (Å²) in [7, 11) is 0. The molecule has 1 aliphatic carbocycles. The Balaban J connectivity index is 1.85. The predicted octanol–water partition coefficient (Wildman–Crippen LogP) is 4.69. The van der Waals surface area contributed by atoms with Crippen LogP contribution in [0.5, 0.6) is 0 Å². The van der Waals surface area contributed by atoms with E-state index in [0.717, 1.165) is 18.4 Å². The molecule has 1 nitrogen and oxygen atoms in total. The molecule has 0 heterocycles. The van der Waals surface area contributed by atoms with Crippen LogP contribution in [0.4, 0.5) is 0 Å². The van der Waals surface area contributed by atoms with Gasteiger partial charge in [-0.3, -0.25) is 0 Å². The van der Waals surface area contributed by atoms with E-state index in [4.69, 9.17) is 0 Å². The van der Waals surface area contributed by atoms with E-state index in [1.165, 1.54) is 23.8 Å². The van der Waals surface area contributed by atoms with Crippen LogP contribution in [-0.4, -0.2) is 21.3 Å². The summed E-state index contributed by atoms with van der Waals surface area (Å²) >= 11 is 0.984. The van der Waals surface area contributed by atoms with Crippen molar-refractivity contribution in [3.8, 4) is 0 Å². The Morgan fingerprint density at radius 3 is 2.00 bits per heavy atom. The molecule has 3 aromatic carbocycles. The van der Waals surface area contributed by atoms with Gasteiger partial charge in [-0.25, -0.2) is 0 Å². The summed E-state index contributed by atoms with van der Waals surface area (Å²) in [5.74, 6) is 0. The fraction of sp³-hybridized carbons (Fsp3) is 0.200. The first-order valence-corrected chi connectivity index (χ1v) is 20.7. The van der Waals surface area contributed by atoms with Crippen LogP contribution in [0.1, 0.15) is 28.7 Å². The molecule has 0 saturated heterocycles. The van der Waals surface area contributed by atoms with Crippen molar-refractivity contribution in [1.82, 2.24) is 0 Å². The van der Waals surface area contributed by atoms with Gasteiger partial charge < -0.3 is 0 Å². The van der Waals surface area contributed by atoms with Gasteiger partial charge in [0, 0.05) is 0 Å². The van der Waals surface area contributed by atoms with Gasteiger partial charge in [-0.05, 0) is 0 Å². The van der Waals surface area contributed by atoms with Gasteiger partial charge in [0.15, 0.2) is 0 Å². The predicted molar refractivity (Wildman–Crippen MR) is 124 cm³/mol. The first kappa shape index (κ1) is 19.9. The van der Waals surface area contributed by atoms with Crippen molar-refractivity contribution in [3.63, 3.8) is 0 Å². The van der Waals surface area contributed by atoms with Crippen molar-refractivity contribution in [1.29, 1.82) is 0 Å². The molecule has 0 aromatic heterocycles. The zero-order valence-corrected chi connectivity index (χ0v) is 20.8. The molecule has 28 heavy (non-hydrogen) atoms. The maximum absolute atomic E-state index is 11.5. The normalized spacial score (nSPS) is 19.1. The van der Waals surface area contributed by atoms with Gasteiger partial charge in [0.2, 0.25) is 0 Å². The Hall–Kier alpha value is -1.36.